The molecule has 0 N–H and O–H groups in total. The van der Waals surface area contributed by atoms with Crippen LogP contribution in [-0.2, 0) is 20.9 Å². The molecule has 0 fully saturated rings. The van der Waals surface area contributed by atoms with Crippen LogP contribution in [0.3, 0.4) is 0 Å². The summed E-state index contributed by atoms with van der Waals surface area (Å²) in [6.07, 6.45) is 0. The number of fused-ring (bicyclic) bond motifs is 1. The highest BCUT2D eigenvalue weighted by atomic mass is 35.5. The molecule has 1 aromatic carbocycles. The molecule has 1 aromatic rings. The van der Waals surface area contributed by atoms with Crippen molar-refractivity contribution in [2.75, 3.05) is 25.3 Å². The van der Waals surface area contributed by atoms with Crippen molar-refractivity contribution in [2.45, 2.75) is 25.9 Å². The number of carbonyl (C=O) groups excluding carboxylic acids is 1. The number of aryl methyl sites for hydroxylation is 1. The monoisotopic (exact) mass is 332 g/mol. The summed E-state index contributed by atoms with van der Waals surface area (Å²) in [6, 6.07) is 6.03. The van der Waals surface area contributed by atoms with Gasteiger partial charge in [0.2, 0.25) is 0 Å². The Labute approximate surface area is 137 Å². The number of benzene rings is 1. The van der Waals surface area contributed by atoms with Crippen LogP contribution in [0.1, 0.15) is 18.1 Å². The number of esters is 1. The van der Waals surface area contributed by atoms with Gasteiger partial charge in [-0.3, -0.25) is 14.5 Å². The van der Waals surface area contributed by atoms with Crippen molar-refractivity contribution < 1.29 is 14.4 Å². The average molecular weight is 333 g/mol. The number of hydrogen-bond acceptors (Lipinski definition) is 6. The minimum absolute atomic E-state index is 0. The van der Waals surface area contributed by atoms with E-state index in [0.717, 1.165) is 11.3 Å². The molecule has 2 rings (SSSR count). The van der Waals surface area contributed by atoms with Gasteiger partial charge < -0.3 is 4.74 Å². The second-order valence-corrected chi connectivity index (χ2v) is 5.10. The maximum absolute atomic E-state index is 11.7. The molecule has 0 bridgehead atoms. The highest BCUT2D eigenvalue weighted by molar-refractivity contribution is 7.81. The number of hydroxylamine groups is 1. The first-order chi connectivity index (χ1) is 9.58. The summed E-state index contributed by atoms with van der Waals surface area (Å²) < 4.78 is 5.01. The molecule has 0 amide bonds. The molecule has 0 saturated carbocycles. The Morgan fingerprint density at radius 2 is 2.19 bits per heavy atom. The molecule has 7 heteroatoms. The fraction of sp³-hybridized carbons (Fsp3) is 0.500. The fourth-order valence-corrected chi connectivity index (χ4v) is 2.74. The fourth-order valence-electron chi connectivity index (χ4n) is 2.36. The molecule has 118 valence electrons. The smallest absolute Gasteiger partial charge is 0.320 e. The van der Waals surface area contributed by atoms with Crippen molar-refractivity contribution in [3.8, 4) is 0 Å². The van der Waals surface area contributed by atoms with Crippen LogP contribution in [0.2, 0.25) is 0 Å². The minimum atomic E-state index is -0.321. The van der Waals surface area contributed by atoms with Gasteiger partial charge >= 0.3 is 5.97 Å². The van der Waals surface area contributed by atoms with Crippen LogP contribution >= 0.6 is 25.0 Å². The normalized spacial score (nSPS) is 17.9. The molecule has 1 aliphatic rings. The van der Waals surface area contributed by atoms with Crippen LogP contribution in [0.5, 0.6) is 0 Å². The highest BCUT2D eigenvalue weighted by Crippen LogP contribution is 2.34. The molecule has 0 saturated heterocycles. The van der Waals surface area contributed by atoms with Gasteiger partial charge in [0.25, 0.3) is 0 Å². The second kappa shape index (κ2) is 7.89. The lowest BCUT2D eigenvalue weighted by Crippen LogP contribution is -2.50. The van der Waals surface area contributed by atoms with E-state index < -0.39 is 0 Å². The molecule has 0 radical (unpaired) electrons. The van der Waals surface area contributed by atoms with Crippen LogP contribution in [-0.4, -0.2) is 36.6 Å². The summed E-state index contributed by atoms with van der Waals surface area (Å²) >= 11 is 4.55. The van der Waals surface area contributed by atoms with Crippen LogP contribution in [0.15, 0.2) is 18.2 Å². The van der Waals surface area contributed by atoms with Crippen molar-refractivity contribution in [3.63, 3.8) is 0 Å². The zero-order valence-electron chi connectivity index (χ0n) is 12.4. The van der Waals surface area contributed by atoms with Gasteiger partial charge in [0.05, 0.1) is 25.9 Å². The van der Waals surface area contributed by atoms with Gasteiger partial charge in [-0.15, -0.1) is 25.0 Å². The highest BCUT2D eigenvalue weighted by Gasteiger charge is 2.32. The van der Waals surface area contributed by atoms with Crippen molar-refractivity contribution in [1.29, 1.82) is 0 Å². The van der Waals surface area contributed by atoms with Gasteiger partial charge in [0.15, 0.2) is 5.50 Å². The van der Waals surface area contributed by atoms with Gasteiger partial charge in [0.1, 0.15) is 0 Å². The Morgan fingerprint density at radius 1 is 1.48 bits per heavy atom. The second-order valence-electron chi connectivity index (χ2n) is 4.64. The van der Waals surface area contributed by atoms with Crippen molar-refractivity contribution >= 4 is 36.7 Å². The predicted molar refractivity (Wildman–Crippen MR) is 87.7 cm³/mol. The molecule has 0 aliphatic carbocycles. The Hall–Kier alpha value is -0.950. The lowest BCUT2D eigenvalue weighted by atomic mass is 10.0. The van der Waals surface area contributed by atoms with Crippen molar-refractivity contribution in [3.05, 3.63) is 29.3 Å². The van der Waals surface area contributed by atoms with Gasteiger partial charge in [-0.05, 0) is 31.0 Å². The molecule has 5 nitrogen and oxygen atoms in total. The number of rotatable bonds is 4. The van der Waals surface area contributed by atoms with Gasteiger partial charge in [0, 0.05) is 6.54 Å². The standard InChI is InChI=1S/C14H20N2O3S.ClH/c1-4-19-13(17)9-15-8-11-10(2)6-5-7-12(11)16(18-3)14(15)20;/h5-7,14,20H,4,8-9H2,1-3H3;1H. The van der Waals surface area contributed by atoms with E-state index >= 15 is 0 Å². The van der Waals surface area contributed by atoms with E-state index in [2.05, 4.69) is 12.6 Å². The molecular formula is C14H21ClN2O3S. The SMILES string of the molecule is CCOC(=O)CN1Cc2c(C)cccc2N(OC)C1S.Cl. The molecule has 21 heavy (non-hydrogen) atoms. The van der Waals surface area contributed by atoms with Gasteiger partial charge in [-0.1, -0.05) is 12.1 Å². The molecule has 0 aromatic heterocycles. The number of halogens is 1. The summed E-state index contributed by atoms with van der Waals surface area (Å²) in [4.78, 5) is 19.0. The summed E-state index contributed by atoms with van der Waals surface area (Å²) in [5, 5.41) is 1.70. The first-order valence-electron chi connectivity index (χ1n) is 6.58. The Bertz CT molecular complexity index is 501. The van der Waals surface area contributed by atoms with E-state index in [1.165, 1.54) is 5.56 Å². The van der Waals surface area contributed by atoms with Crippen LogP contribution in [0.25, 0.3) is 0 Å². The predicted octanol–water partition coefficient (Wildman–Crippen LogP) is 2.38. The van der Waals surface area contributed by atoms with Crippen LogP contribution in [0, 0.1) is 6.92 Å². The molecule has 1 aliphatic heterocycles. The maximum atomic E-state index is 11.7. The molecule has 1 unspecified atom stereocenters. The third-order valence-electron chi connectivity index (χ3n) is 3.35. The maximum Gasteiger partial charge on any atom is 0.320 e. The van der Waals surface area contributed by atoms with Crippen molar-refractivity contribution in [1.82, 2.24) is 4.90 Å². The average Bonchev–Trinajstić information content (AvgIpc) is 2.41. The number of hydrogen-bond donors (Lipinski definition) is 1. The topological polar surface area (TPSA) is 42.0 Å². The summed E-state index contributed by atoms with van der Waals surface area (Å²) in [5.41, 5.74) is 2.98. The third-order valence-corrected chi connectivity index (χ3v) is 3.89. The number of thiol groups is 1. The lowest BCUT2D eigenvalue weighted by molar-refractivity contribution is -0.145. The first kappa shape index (κ1) is 18.1. The Morgan fingerprint density at radius 3 is 2.81 bits per heavy atom. The summed E-state index contributed by atoms with van der Waals surface area (Å²) in [5.74, 6) is -0.250. The summed E-state index contributed by atoms with van der Waals surface area (Å²) in [6.45, 7) is 5.07. The zero-order chi connectivity index (χ0) is 14.7. The molecular weight excluding hydrogens is 312 g/mol. The van der Waals surface area contributed by atoms with E-state index in [1.54, 1.807) is 19.1 Å². The molecule has 1 atom stereocenters. The van der Waals surface area contributed by atoms with E-state index in [-0.39, 0.29) is 30.4 Å². The summed E-state index contributed by atoms with van der Waals surface area (Å²) in [7, 11) is 1.60. The quantitative estimate of drug-likeness (QED) is 0.677. The molecule has 0 spiro atoms. The number of nitrogens with zero attached hydrogens (tertiary/aromatic N) is 2. The molecule has 1 heterocycles. The largest absolute Gasteiger partial charge is 0.465 e. The van der Waals surface area contributed by atoms with Crippen molar-refractivity contribution in [2.24, 2.45) is 0 Å². The zero-order valence-corrected chi connectivity index (χ0v) is 14.1. The Kier molecular flexibility index (Phi) is 6.80. The van der Waals surface area contributed by atoms with E-state index in [0.29, 0.717) is 13.2 Å². The van der Waals surface area contributed by atoms with E-state index in [9.17, 15) is 4.79 Å². The van der Waals surface area contributed by atoms with Crippen LogP contribution < -0.4 is 5.06 Å². The minimum Gasteiger partial charge on any atom is -0.465 e. The van der Waals surface area contributed by atoms with E-state index in [1.807, 2.05) is 30.0 Å². The van der Waals surface area contributed by atoms with Gasteiger partial charge in [-0.25, -0.2) is 5.06 Å². The number of anilines is 1. The van der Waals surface area contributed by atoms with Gasteiger partial charge in [-0.2, -0.15) is 0 Å². The number of carbonyl (C=O) groups is 1. The number of ether oxygens (including phenoxy) is 1. The Balaban J connectivity index is 0.00000220. The van der Waals surface area contributed by atoms with Crippen LogP contribution in [0.4, 0.5) is 5.69 Å². The van der Waals surface area contributed by atoms with E-state index in [4.69, 9.17) is 9.57 Å². The third kappa shape index (κ3) is 3.83. The lowest BCUT2D eigenvalue weighted by Gasteiger charge is -2.41. The first-order valence-corrected chi connectivity index (χ1v) is 7.09.